The molecule has 0 aliphatic heterocycles. The first-order valence-corrected chi connectivity index (χ1v) is 12.7. The average molecular weight is 497 g/mol. The Balaban J connectivity index is 1.41. The van der Waals surface area contributed by atoms with E-state index in [4.69, 9.17) is 5.73 Å². The predicted octanol–water partition coefficient (Wildman–Crippen LogP) is 5.76. The van der Waals surface area contributed by atoms with Gasteiger partial charge in [-0.05, 0) is 85.4 Å². The van der Waals surface area contributed by atoms with Gasteiger partial charge in [-0.3, -0.25) is 4.79 Å². The molecule has 6 heteroatoms. The largest absolute Gasteiger partial charge is 0.390 e. The van der Waals surface area contributed by atoms with Gasteiger partial charge in [0.1, 0.15) is 5.82 Å². The van der Waals surface area contributed by atoms with Gasteiger partial charge >= 0.3 is 0 Å². The van der Waals surface area contributed by atoms with Crippen molar-refractivity contribution in [3.63, 3.8) is 0 Å². The summed E-state index contributed by atoms with van der Waals surface area (Å²) < 4.78 is 1.62. The number of carbonyl (C=O) groups excluding carboxylic acids is 1. The zero-order chi connectivity index (χ0) is 26.8. The summed E-state index contributed by atoms with van der Waals surface area (Å²) in [4.78, 5) is 15.5. The van der Waals surface area contributed by atoms with E-state index >= 15 is 0 Å². The Morgan fingerprint density at radius 2 is 1.35 bits per heavy atom. The van der Waals surface area contributed by atoms with E-state index in [0.717, 1.165) is 24.9 Å². The normalized spacial score (nSPS) is 12.1. The van der Waals surface area contributed by atoms with Gasteiger partial charge in [0, 0.05) is 0 Å². The van der Waals surface area contributed by atoms with Crippen LogP contribution in [0, 0.1) is 6.92 Å². The van der Waals surface area contributed by atoms with Crippen LogP contribution in [0.4, 0.5) is 0 Å². The number of hydrogen-bond donors (Lipinski definition) is 2. The summed E-state index contributed by atoms with van der Waals surface area (Å²) in [5, 5.41) is 14.3. The number of carbonyl (C=O) groups is 1. The average Bonchev–Trinajstić information content (AvgIpc) is 3.25. The van der Waals surface area contributed by atoms with E-state index in [0.29, 0.717) is 5.82 Å². The SMILES string of the molecule is Cc1nc(C(N)=O)nn1-c1ccc(Cc2ccc(-c3ccc(C(C)(C)CCC(C)(C)O)cc3)cc2)cc1. The molecule has 1 amide bonds. The summed E-state index contributed by atoms with van der Waals surface area (Å²) in [5.74, 6) is -0.00234. The van der Waals surface area contributed by atoms with E-state index in [1.54, 1.807) is 11.6 Å². The molecule has 0 aliphatic carbocycles. The molecule has 37 heavy (non-hydrogen) atoms. The van der Waals surface area contributed by atoms with Crippen molar-refractivity contribution >= 4 is 5.91 Å². The first-order chi connectivity index (χ1) is 17.4. The van der Waals surface area contributed by atoms with Crippen molar-refractivity contribution < 1.29 is 9.90 Å². The Morgan fingerprint density at radius 3 is 1.84 bits per heavy atom. The highest BCUT2D eigenvalue weighted by molar-refractivity contribution is 5.88. The van der Waals surface area contributed by atoms with Crippen molar-refractivity contribution in [3.05, 3.63) is 101 Å². The van der Waals surface area contributed by atoms with Gasteiger partial charge in [-0.25, -0.2) is 9.67 Å². The molecule has 0 atom stereocenters. The van der Waals surface area contributed by atoms with Crippen molar-refractivity contribution in [3.8, 4) is 16.8 Å². The van der Waals surface area contributed by atoms with E-state index in [1.165, 1.54) is 27.8 Å². The number of aromatic nitrogens is 3. The van der Waals surface area contributed by atoms with Crippen molar-refractivity contribution in [1.82, 2.24) is 14.8 Å². The van der Waals surface area contributed by atoms with Crippen LogP contribution in [0.15, 0.2) is 72.8 Å². The van der Waals surface area contributed by atoms with E-state index in [9.17, 15) is 9.90 Å². The molecule has 4 rings (SSSR count). The molecule has 0 radical (unpaired) electrons. The van der Waals surface area contributed by atoms with Gasteiger partial charge in [-0.1, -0.05) is 74.5 Å². The summed E-state index contributed by atoms with van der Waals surface area (Å²) in [6.45, 7) is 10.0. The number of benzene rings is 3. The minimum absolute atomic E-state index is 0.00862. The van der Waals surface area contributed by atoms with Gasteiger partial charge in [-0.2, -0.15) is 0 Å². The van der Waals surface area contributed by atoms with E-state index < -0.39 is 11.5 Å². The first kappa shape index (κ1) is 26.3. The number of nitrogens with zero attached hydrogens (tertiary/aromatic N) is 3. The van der Waals surface area contributed by atoms with Crippen LogP contribution in [0.2, 0.25) is 0 Å². The number of hydrogen-bond acceptors (Lipinski definition) is 4. The second-order valence-corrected chi connectivity index (χ2v) is 11.1. The third-order valence-corrected chi connectivity index (χ3v) is 6.89. The summed E-state index contributed by atoms with van der Waals surface area (Å²) in [5.41, 5.74) is 11.6. The predicted molar refractivity (Wildman–Crippen MR) is 148 cm³/mol. The molecule has 0 aliphatic rings. The topological polar surface area (TPSA) is 94.0 Å². The number of primary amides is 1. The number of nitrogens with two attached hydrogens (primary N) is 1. The third-order valence-electron chi connectivity index (χ3n) is 6.89. The Hall–Kier alpha value is -3.77. The molecule has 0 spiro atoms. The summed E-state index contributed by atoms with van der Waals surface area (Å²) >= 11 is 0. The highest BCUT2D eigenvalue weighted by Gasteiger charge is 2.24. The van der Waals surface area contributed by atoms with Gasteiger partial charge in [-0.15, -0.1) is 5.10 Å². The molecule has 3 N–H and O–H groups in total. The van der Waals surface area contributed by atoms with Crippen LogP contribution in [0.3, 0.4) is 0 Å². The Morgan fingerprint density at radius 1 is 0.838 bits per heavy atom. The van der Waals surface area contributed by atoms with Crippen LogP contribution in [-0.4, -0.2) is 31.4 Å². The highest BCUT2D eigenvalue weighted by Crippen LogP contribution is 2.32. The minimum atomic E-state index is -0.645. The quantitative estimate of drug-likeness (QED) is 0.308. The second-order valence-electron chi connectivity index (χ2n) is 11.1. The molecule has 192 valence electrons. The third kappa shape index (κ3) is 6.52. The van der Waals surface area contributed by atoms with Crippen LogP contribution in [-0.2, 0) is 11.8 Å². The van der Waals surface area contributed by atoms with Crippen LogP contribution in [0.5, 0.6) is 0 Å². The standard InChI is InChI=1S/C31H36N4O2/c1-21-33-29(28(32)36)34-35(21)27-16-8-23(9-17-27)20-22-6-10-24(11-7-22)25-12-14-26(15-13-25)30(2,3)18-19-31(4,5)37/h6-17,37H,18-20H2,1-5H3,(H2,32,36). The van der Waals surface area contributed by atoms with Crippen molar-refractivity contribution in [2.75, 3.05) is 0 Å². The lowest BCUT2D eigenvalue weighted by molar-refractivity contribution is 0.0626. The van der Waals surface area contributed by atoms with Gasteiger partial charge in [0.15, 0.2) is 0 Å². The van der Waals surface area contributed by atoms with Gasteiger partial charge in [0.05, 0.1) is 11.3 Å². The zero-order valence-corrected chi connectivity index (χ0v) is 22.3. The van der Waals surface area contributed by atoms with Crippen molar-refractivity contribution in [2.24, 2.45) is 5.73 Å². The maximum absolute atomic E-state index is 11.4. The molecule has 0 saturated carbocycles. The minimum Gasteiger partial charge on any atom is -0.390 e. The fraction of sp³-hybridized carbons (Fsp3) is 0.323. The first-order valence-electron chi connectivity index (χ1n) is 12.7. The molecule has 4 aromatic rings. The second kappa shape index (κ2) is 10.3. The number of rotatable bonds is 9. The lowest BCUT2D eigenvalue weighted by atomic mass is 9.78. The number of aryl methyl sites for hydroxylation is 1. The van der Waals surface area contributed by atoms with E-state index in [-0.39, 0.29) is 11.2 Å². The molecular formula is C31H36N4O2. The molecule has 0 saturated heterocycles. The van der Waals surface area contributed by atoms with Crippen LogP contribution >= 0.6 is 0 Å². The van der Waals surface area contributed by atoms with E-state index in [1.807, 2.05) is 26.0 Å². The van der Waals surface area contributed by atoms with Crippen LogP contribution in [0.1, 0.15) is 73.7 Å². The monoisotopic (exact) mass is 496 g/mol. The smallest absolute Gasteiger partial charge is 0.288 e. The number of aliphatic hydroxyl groups is 1. The molecule has 0 fully saturated rings. The Labute approximate surface area is 219 Å². The summed E-state index contributed by atoms with van der Waals surface area (Å²) in [6.07, 6.45) is 2.51. The maximum atomic E-state index is 11.4. The fourth-order valence-electron chi connectivity index (χ4n) is 4.42. The molecule has 0 unspecified atom stereocenters. The van der Waals surface area contributed by atoms with Crippen molar-refractivity contribution in [1.29, 1.82) is 0 Å². The summed E-state index contributed by atoms with van der Waals surface area (Å²) in [6, 6.07) is 25.5. The fourth-order valence-corrected chi connectivity index (χ4v) is 4.42. The highest BCUT2D eigenvalue weighted by atomic mass is 16.3. The Kier molecular flexibility index (Phi) is 7.32. The van der Waals surface area contributed by atoms with Gasteiger partial charge in [0.25, 0.3) is 5.91 Å². The molecule has 1 heterocycles. The van der Waals surface area contributed by atoms with Crippen LogP contribution < -0.4 is 5.73 Å². The summed E-state index contributed by atoms with van der Waals surface area (Å²) in [7, 11) is 0. The lowest BCUT2D eigenvalue weighted by Gasteiger charge is -2.29. The van der Waals surface area contributed by atoms with Crippen molar-refractivity contribution in [2.45, 2.75) is 64.9 Å². The molecular weight excluding hydrogens is 460 g/mol. The molecule has 0 bridgehead atoms. The zero-order valence-electron chi connectivity index (χ0n) is 22.3. The molecule has 1 aromatic heterocycles. The van der Waals surface area contributed by atoms with E-state index in [2.05, 4.69) is 84.6 Å². The Bertz CT molecular complexity index is 1360. The van der Waals surface area contributed by atoms with Crippen LogP contribution in [0.25, 0.3) is 16.8 Å². The number of amides is 1. The van der Waals surface area contributed by atoms with Gasteiger partial charge < -0.3 is 10.8 Å². The lowest BCUT2D eigenvalue weighted by Crippen LogP contribution is -2.25. The molecule has 6 nitrogen and oxygen atoms in total. The van der Waals surface area contributed by atoms with Gasteiger partial charge in [0.2, 0.25) is 5.82 Å². The molecule has 3 aromatic carbocycles. The maximum Gasteiger partial charge on any atom is 0.288 e.